The van der Waals surface area contributed by atoms with E-state index in [1.54, 1.807) is 0 Å². The highest BCUT2D eigenvalue weighted by molar-refractivity contribution is 7.89. The number of rotatable bonds is 5. The monoisotopic (exact) mass is 255 g/mol. The summed E-state index contributed by atoms with van der Waals surface area (Å²) in [6.07, 6.45) is 1.84. The van der Waals surface area contributed by atoms with E-state index in [4.69, 9.17) is 0 Å². The minimum atomic E-state index is -3.36. The van der Waals surface area contributed by atoms with Gasteiger partial charge in [-0.1, -0.05) is 31.0 Å². The van der Waals surface area contributed by atoms with Crippen molar-refractivity contribution in [3.05, 3.63) is 28.8 Å². The molecular formula is C13H21NO2S. The maximum atomic E-state index is 12.1. The molecule has 0 radical (unpaired) electrons. The molecule has 1 rings (SSSR count). The molecule has 0 atom stereocenters. The Morgan fingerprint density at radius 3 is 2.12 bits per heavy atom. The predicted molar refractivity (Wildman–Crippen MR) is 70.7 cm³/mol. The largest absolute Gasteiger partial charge is 0.241 e. The summed E-state index contributed by atoms with van der Waals surface area (Å²) in [5.41, 5.74) is 2.71. The smallest absolute Gasteiger partial charge is 0.211 e. The number of hydrogen-bond donors (Lipinski definition) is 1. The molecule has 0 saturated carbocycles. The van der Waals surface area contributed by atoms with Gasteiger partial charge in [0.1, 0.15) is 0 Å². The van der Waals surface area contributed by atoms with Gasteiger partial charge in [0.25, 0.3) is 0 Å². The lowest BCUT2D eigenvalue weighted by molar-refractivity contribution is 0.577. The number of aryl methyl sites for hydroxylation is 3. The van der Waals surface area contributed by atoms with E-state index in [-0.39, 0.29) is 0 Å². The van der Waals surface area contributed by atoms with E-state index in [2.05, 4.69) is 4.72 Å². The van der Waals surface area contributed by atoms with Crippen molar-refractivity contribution in [2.24, 2.45) is 0 Å². The highest BCUT2D eigenvalue weighted by atomic mass is 32.2. The summed E-state index contributed by atoms with van der Waals surface area (Å²) in [5.74, 6) is 0. The number of unbranched alkanes of at least 4 members (excludes halogenated alkanes) is 1. The number of benzene rings is 1. The van der Waals surface area contributed by atoms with Crippen molar-refractivity contribution in [2.75, 3.05) is 6.54 Å². The molecule has 0 aromatic heterocycles. The minimum Gasteiger partial charge on any atom is -0.211 e. The van der Waals surface area contributed by atoms with E-state index >= 15 is 0 Å². The summed E-state index contributed by atoms with van der Waals surface area (Å²) in [5, 5.41) is 0. The van der Waals surface area contributed by atoms with Crippen LogP contribution in [0.25, 0.3) is 0 Å². The molecule has 96 valence electrons. The summed E-state index contributed by atoms with van der Waals surface area (Å²) in [4.78, 5) is 0.430. The Morgan fingerprint density at radius 1 is 1.12 bits per heavy atom. The number of hydrogen-bond acceptors (Lipinski definition) is 2. The Bertz CT molecular complexity index is 469. The molecule has 0 aliphatic rings. The van der Waals surface area contributed by atoms with Crippen molar-refractivity contribution in [3.63, 3.8) is 0 Å². The van der Waals surface area contributed by atoms with E-state index < -0.39 is 10.0 Å². The minimum absolute atomic E-state index is 0.430. The average molecular weight is 255 g/mol. The van der Waals surface area contributed by atoms with Crippen molar-refractivity contribution >= 4 is 10.0 Å². The van der Waals surface area contributed by atoms with Crippen molar-refractivity contribution in [2.45, 2.75) is 45.4 Å². The molecule has 3 nitrogen and oxygen atoms in total. The zero-order chi connectivity index (χ0) is 13.1. The Kier molecular flexibility index (Phi) is 4.71. The van der Waals surface area contributed by atoms with E-state index in [0.717, 1.165) is 29.5 Å². The SMILES string of the molecule is CCCCNS(=O)(=O)c1c(C)cc(C)cc1C. The Balaban J connectivity index is 3.07. The van der Waals surface area contributed by atoms with Gasteiger partial charge < -0.3 is 0 Å². The first-order chi connectivity index (χ1) is 7.88. The summed E-state index contributed by atoms with van der Waals surface area (Å²) in [6.45, 7) is 8.20. The van der Waals surface area contributed by atoms with Gasteiger partial charge in [-0.05, 0) is 38.3 Å². The lowest BCUT2D eigenvalue weighted by Crippen LogP contribution is -2.26. The highest BCUT2D eigenvalue weighted by Gasteiger charge is 2.18. The Labute approximate surface area is 104 Å². The molecule has 0 saturated heterocycles. The van der Waals surface area contributed by atoms with E-state index in [9.17, 15) is 8.42 Å². The van der Waals surface area contributed by atoms with Gasteiger partial charge in [0.05, 0.1) is 4.90 Å². The van der Waals surface area contributed by atoms with Crippen molar-refractivity contribution in [1.82, 2.24) is 4.72 Å². The van der Waals surface area contributed by atoms with Gasteiger partial charge in [0.15, 0.2) is 0 Å². The maximum Gasteiger partial charge on any atom is 0.241 e. The molecule has 0 aliphatic heterocycles. The molecule has 0 bridgehead atoms. The molecule has 0 unspecified atom stereocenters. The summed E-state index contributed by atoms with van der Waals surface area (Å²) >= 11 is 0. The molecular weight excluding hydrogens is 234 g/mol. The van der Waals surface area contributed by atoms with Crippen LogP contribution in [0.15, 0.2) is 17.0 Å². The second kappa shape index (κ2) is 5.65. The lowest BCUT2D eigenvalue weighted by atomic mass is 10.1. The van der Waals surface area contributed by atoms with Crippen LogP contribution in [0.5, 0.6) is 0 Å². The first-order valence-corrected chi connectivity index (χ1v) is 7.44. The van der Waals surface area contributed by atoms with Gasteiger partial charge in [0.2, 0.25) is 10.0 Å². The normalized spacial score (nSPS) is 11.8. The van der Waals surface area contributed by atoms with Crippen LogP contribution in [-0.4, -0.2) is 15.0 Å². The molecule has 1 aromatic rings. The van der Waals surface area contributed by atoms with Crippen LogP contribution in [0.2, 0.25) is 0 Å². The number of sulfonamides is 1. The zero-order valence-corrected chi connectivity index (χ0v) is 11.8. The third-order valence-electron chi connectivity index (χ3n) is 2.70. The van der Waals surface area contributed by atoms with Crippen LogP contribution in [0.1, 0.15) is 36.5 Å². The van der Waals surface area contributed by atoms with Crippen LogP contribution < -0.4 is 4.72 Å². The van der Waals surface area contributed by atoms with E-state index in [1.807, 2.05) is 39.8 Å². The van der Waals surface area contributed by atoms with Crippen LogP contribution >= 0.6 is 0 Å². The van der Waals surface area contributed by atoms with Gasteiger partial charge in [-0.2, -0.15) is 0 Å². The fourth-order valence-electron chi connectivity index (χ4n) is 2.05. The quantitative estimate of drug-likeness (QED) is 0.822. The van der Waals surface area contributed by atoms with Gasteiger partial charge >= 0.3 is 0 Å². The van der Waals surface area contributed by atoms with Crippen molar-refractivity contribution in [3.8, 4) is 0 Å². The molecule has 0 fully saturated rings. The molecule has 17 heavy (non-hydrogen) atoms. The topological polar surface area (TPSA) is 46.2 Å². The van der Waals surface area contributed by atoms with Crippen LogP contribution in [0, 0.1) is 20.8 Å². The average Bonchev–Trinajstić information content (AvgIpc) is 2.15. The maximum absolute atomic E-state index is 12.1. The van der Waals surface area contributed by atoms with Gasteiger partial charge in [-0.15, -0.1) is 0 Å². The fraction of sp³-hybridized carbons (Fsp3) is 0.538. The van der Waals surface area contributed by atoms with E-state index in [0.29, 0.717) is 11.4 Å². The third kappa shape index (κ3) is 3.54. The standard InChI is InChI=1S/C13H21NO2S/c1-5-6-7-14-17(15,16)13-11(3)8-10(2)9-12(13)4/h8-9,14H,5-7H2,1-4H3. The van der Waals surface area contributed by atoms with Gasteiger partial charge in [-0.3, -0.25) is 0 Å². The molecule has 1 N–H and O–H groups in total. The Hall–Kier alpha value is -0.870. The van der Waals surface area contributed by atoms with Gasteiger partial charge in [-0.25, -0.2) is 13.1 Å². The highest BCUT2D eigenvalue weighted by Crippen LogP contribution is 2.21. The van der Waals surface area contributed by atoms with Crippen molar-refractivity contribution in [1.29, 1.82) is 0 Å². The molecule has 0 aliphatic carbocycles. The molecule has 1 aromatic carbocycles. The molecule has 0 spiro atoms. The van der Waals surface area contributed by atoms with Crippen LogP contribution in [0.3, 0.4) is 0 Å². The van der Waals surface area contributed by atoms with Crippen LogP contribution in [0.4, 0.5) is 0 Å². The predicted octanol–water partition coefficient (Wildman–Crippen LogP) is 2.69. The zero-order valence-electron chi connectivity index (χ0n) is 11.0. The Morgan fingerprint density at radius 2 is 1.65 bits per heavy atom. The van der Waals surface area contributed by atoms with Crippen molar-refractivity contribution < 1.29 is 8.42 Å². The fourth-order valence-corrected chi connectivity index (χ4v) is 3.57. The molecule has 0 amide bonds. The first-order valence-electron chi connectivity index (χ1n) is 5.96. The summed E-state index contributed by atoms with van der Waals surface area (Å²) in [6, 6.07) is 3.81. The third-order valence-corrected chi connectivity index (χ3v) is 4.46. The van der Waals surface area contributed by atoms with Gasteiger partial charge in [0, 0.05) is 6.54 Å². The second-order valence-corrected chi connectivity index (χ2v) is 6.18. The number of nitrogens with one attached hydrogen (secondary N) is 1. The first kappa shape index (κ1) is 14.2. The second-order valence-electron chi connectivity index (χ2n) is 4.48. The summed E-state index contributed by atoms with van der Waals surface area (Å²) < 4.78 is 26.9. The van der Waals surface area contributed by atoms with Crippen LogP contribution in [-0.2, 0) is 10.0 Å². The summed E-state index contributed by atoms with van der Waals surface area (Å²) in [7, 11) is -3.36. The lowest BCUT2D eigenvalue weighted by Gasteiger charge is -2.12. The van der Waals surface area contributed by atoms with E-state index in [1.165, 1.54) is 0 Å². The molecule has 0 heterocycles. The molecule has 4 heteroatoms.